The first-order valence-corrected chi connectivity index (χ1v) is 9.28. The average Bonchev–Trinajstić information content (AvgIpc) is 3.32. The van der Waals surface area contributed by atoms with Crippen molar-refractivity contribution < 1.29 is 9.47 Å². The zero-order valence-corrected chi connectivity index (χ0v) is 14.4. The molecule has 0 spiro atoms. The highest BCUT2D eigenvalue weighted by atomic mass is 32.2. The van der Waals surface area contributed by atoms with E-state index < -0.39 is 0 Å². The van der Waals surface area contributed by atoms with Gasteiger partial charge < -0.3 is 9.47 Å². The summed E-state index contributed by atoms with van der Waals surface area (Å²) in [6.45, 7) is 3.67. The Labute approximate surface area is 143 Å². The lowest BCUT2D eigenvalue weighted by molar-refractivity contribution is 0.113. The molecule has 23 heavy (non-hydrogen) atoms. The summed E-state index contributed by atoms with van der Waals surface area (Å²) in [5.41, 5.74) is 1.28. The first-order chi connectivity index (χ1) is 11.3. The summed E-state index contributed by atoms with van der Waals surface area (Å²) in [4.78, 5) is 1.31. The number of hydrogen-bond acceptors (Lipinski definition) is 3. The van der Waals surface area contributed by atoms with Gasteiger partial charge in [0.05, 0.1) is 12.7 Å². The monoisotopic (exact) mass is 328 g/mol. The standard InChI is InChI=1S/C20H24O2S/c1-2-20(16-23-18-11-7-4-8-12-18)19(22-20)13-14-21-15-17-9-5-3-6-10-17/h3-12,19H,2,13-16H2,1H3/t19-,20+/m0/s1. The van der Waals surface area contributed by atoms with Crippen LogP contribution in [-0.2, 0) is 16.1 Å². The van der Waals surface area contributed by atoms with E-state index in [1.54, 1.807) is 0 Å². The van der Waals surface area contributed by atoms with E-state index in [0.29, 0.717) is 12.7 Å². The lowest BCUT2D eigenvalue weighted by Crippen LogP contribution is -2.18. The minimum atomic E-state index is 0.0522. The van der Waals surface area contributed by atoms with E-state index in [1.807, 2.05) is 30.0 Å². The van der Waals surface area contributed by atoms with Crippen LogP contribution in [0.1, 0.15) is 25.3 Å². The van der Waals surface area contributed by atoms with E-state index in [0.717, 1.165) is 25.2 Å². The number of thioether (sulfide) groups is 1. The first kappa shape index (κ1) is 16.6. The van der Waals surface area contributed by atoms with Crippen LogP contribution in [0.3, 0.4) is 0 Å². The molecule has 0 aliphatic carbocycles. The summed E-state index contributed by atoms with van der Waals surface area (Å²) in [7, 11) is 0. The van der Waals surface area contributed by atoms with Gasteiger partial charge in [0, 0.05) is 17.3 Å². The van der Waals surface area contributed by atoms with Gasteiger partial charge in [-0.3, -0.25) is 0 Å². The van der Waals surface area contributed by atoms with Crippen molar-refractivity contribution in [3.8, 4) is 0 Å². The van der Waals surface area contributed by atoms with Gasteiger partial charge in [0.15, 0.2) is 0 Å². The Bertz CT molecular complexity index is 587. The van der Waals surface area contributed by atoms with Crippen molar-refractivity contribution in [3.63, 3.8) is 0 Å². The maximum Gasteiger partial charge on any atom is 0.104 e. The Morgan fingerprint density at radius 1 is 1.04 bits per heavy atom. The summed E-state index contributed by atoms with van der Waals surface area (Å²) in [5, 5.41) is 0. The van der Waals surface area contributed by atoms with Crippen LogP contribution in [0.25, 0.3) is 0 Å². The molecule has 1 fully saturated rings. The van der Waals surface area contributed by atoms with E-state index >= 15 is 0 Å². The van der Waals surface area contributed by atoms with Gasteiger partial charge >= 0.3 is 0 Å². The van der Waals surface area contributed by atoms with Crippen molar-refractivity contribution in [3.05, 3.63) is 66.2 Å². The molecule has 2 atom stereocenters. The fourth-order valence-electron chi connectivity index (χ4n) is 2.79. The van der Waals surface area contributed by atoms with E-state index in [-0.39, 0.29) is 5.60 Å². The quantitative estimate of drug-likeness (QED) is 0.370. The van der Waals surface area contributed by atoms with Crippen molar-refractivity contribution >= 4 is 11.8 Å². The molecule has 2 aromatic rings. The maximum absolute atomic E-state index is 6.03. The van der Waals surface area contributed by atoms with E-state index in [9.17, 15) is 0 Å². The van der Waals surface area contributed by atoms with Gasteiger partial charge in [0.2, 0.25) is 0 Å². The molecular weight excluding hydrogens is 304 g/mol. The van der Waals surface area contributed by atoms with Crippen molar-refractivity contribution in [1.82, 2.24) is 0 Å². The molecule has 0 radical (unpaired) electrons. The molecule has 122 valence electrons. The van der Waals surface area contributed by atoms with Crippen molar-refractivity contribution in [2.45, 2.75) is 43.0 Å². The third kappa shape index (κ3) is 4.60. The minimum Gasteiger partial charge on any atom is -0.377 e. The van der Waals surface area contributed by atoms with Crippen molar-refractivity contribution in [1.29, 1.82) is 0 Å². The van der Waals surface area contributed by atoms with Gasteiger partial charge in [-0.25, -0.2) is 0 Å². The van der Waals surface area contributed by atoms with E-state index in [4.69, 9.17) is 9.47 Å². The van der Waals surface area contributed by atoms with Crippen LogP contribution in [0.4, 0.5) is 0 Å². The molecule has 3 rings (SSSR count). The lowest BCUT2D eigenvalue weighted by atomic mass is 10.0. The van der Waals surface area contributed by atoms with Crippen molar-refractivity contribution in [2.24, 2.45) is 0 Å². The lowest BCUT2D eigenvalue weighted by Gasteiger charge is -2.10. The highest BCUT2D eigenvalue weighted by Crippen LogP contribution is 2.45. The highest BCUT2D eigenvalue weighted by molar-refractivity contribution is 7.99. The smallest absolute Gasteiger partial charge is 0.104 e. The number of epoxide rings is 1. The molecule has 0 N–H and O–H groups in total. The third-order valence-corrected chi connectivity index (χ3v) is 5.61. The molecule has 0 saturated carbocycles. The molecule has 1 aliphatic heterocycles. The topological polar surface area (TPSA) is 21.8 Å². The predicted octanol–water partition coefficient (Wildman–Crippen LogP) is 4.93. The van der Waals surface area contributed by atoms with Crippen LogP contribution in [0, 0.1) is 0 Å². The van der Waals surface area contributed by atoms with Gasteiger partial charge in [0.25, 0.3) is 0 Å². The second-order valence-corrected chi connectivity index (χ2v) is 7.00. The Morgan fingerprint density at radius 2 is 1.74 bits per heavy atom. The van der Waals surface area contributed by atoms with Crippen LogP contribution >= 0.6 is 11.8 Å². The van der Waals surface area contributed by atoms with Gasteiger partial charge in [-0.15, -0.1) is 11.8 Å². The van der Waals surface area contributed by atoms with Crippen LogP contribution in [0.5, 0.6) is 0 Å². The molecular formula is C20H24O2S. The van der Waals surface area contributed by atoms with Crippen LogP contribution in [-0.4, -0.2) is 24.1 Å². The van der Waals surface area contributed by atoms with Gasteiger partial charge in [0.1, 0.15) is 5.60 Å². The van der Waals surface area contributed by atoms with Gasteiger partial charge in [-0.1, -0.05) is 55.5 Å². The van der Waals surface area contributed by atoms with E-state index in [2.05, 4.69) is 49.4 Å². The maximum atomic E-state index is 6.03. The average molecular weight is 328 g/mol. The summed E-state index contributed by atoms with van der Waals surface area (Å²) in [5.74, 6) is 1.02. The first-order valence-electron chi connectivity index (χ1n) is 8.30. The largest absolute Gasteiger partial charge is 0.377 e. The minimum absolute atomic E-state index is 0.0522. The molecule has 0 unspecified atom stereocenters. The number of ether oxygens (including phenoxy) is 2. The molecule has 1 heterocycles. The summed E-state index contributed by atoms with van der Waals surface area (Å²) in [6.07, 6.45) is 2.39. The zero-order valence-electron chi connectivity index (χ0n) is 13.6. The molecule has 0 bridgehead atoms. The third-order valence-electron chi connectivity index (χ3n) is 4.37. The molecule has 1 saturated heterocycles. The second-order valence-electron chi connectivity index (χ2n) is 5.95. The fraction of sp³-hybridized carbons (Fsp3) is 0.400. The molecule has 3 heteroatoms. The second kappa shape index (κ2) is 8.00. The molecule has 0 aromatic heterocycles. The Balaban J connectivity index is 1.38. The molecule has 1 aliphatic rings. The van der Waals surface area contributed by atoms with Gasteiger partial charge in [-0.05, 0) is 30.5 Å². The zero-order chi connectivity index (χ0) is 16.0. The normalized spacial score (nSPS) is 22.9. The number of benzene rings is 2. The Morgan fingerprint density at radius 3 is 2.43 bits per heavy atom. The number of rotatable bonds is 9. The van der Waals surface area contributed by atoms with Crippen LogP contribution < -0.4 is 0 Å². The Kier molecular flexibility index (Phi) is 5.76. The summed E-state index contributed by atoms with van der Waals surface area (Å²) in [6, 6.07) is 20.9. The highest BCUT2D eigenvalue weighted by Gasteiger charge is 2.54. The van der Waals surface area contributed by atoms with Crippen LogP contribution in [0.15, 0.2) is 65.6 Å². The number of hydrogen-bond donors (Lipinski definition) is 0. The summed E-state index contributed by atoms with van der Waals surface area (Å²) >= 11 is 1.89. The van der Waals surface area contributed by atoms with Crippen molar-refractivity contribution in [2.75, 3.05) is 12.4 Å². The SMILES string of the molecule is CC[C@]1(CSc2ccccc2)O[C@H]1CCOCc1ccccc1. The molecule has 0 amide bonds. The Hall–Kier alpha value is -1.29. The van der Waals surface area contributed by atoms with Crippen LogP contribution in [0.2, 0.25) is 0 Å². The van der Waals surface area contributed by atoms with E-state index in [1.165, 1.54) is 10.5 Å². The molecule has 2 nitrogen and oxygen atoms in total. The molecule has 2 aromatic carbocycles. The predicted molar refractivity (Wildman–Crippen MR) is 95.8 cm³/mol. The fourth-order valence-corrected chi connectivity index (χ4v) is 4.01. The summed E-state index contributed by atoms with van der Waals surface area (Å²) < 4.78 is 11.8. The van der Waals surface area contributed by atoms with Gasteiger partial charge in [-0.2, -0.15) is 0 Å².